The number of hydrogen-bond donors (Lipinski definition) is 2. The third-order valence-electron chi connectivity index (χ3n) is 4.33. The van der Waals surface area contributed by atoms with Crippen LogP contribution in [0.3, 0.4) is 0 Å². The summed E-state index contributed by atoms with van der Waals surface area (Å²) in [6, 6.07) is 6.85. The largest absolute Gasteiger partial charge is 0.506 e. The first-order chi connectivity index (χ1) is 9.11. The summed E-state index contributed by atoms with van der Waals surface area (Å²) >= 11 is 0. The number of anilines is 1. The molecule has 1 aromatic rings. The molecule has 2 rings (SSSR count). The Morgan fingerprint density at radius 3 is 2.89 bits per heavy atom. The number of piperidine rings is 1. The first-order valence-electron chi connectivity index (χ1n) is 7.45. The van der Waals surface area contributed by atoms with Gasteiger partial charge in [0.2, 0.25) is 0 Å². The summed E-state index contributed by atoms with van der Waals surface area (Å²) in [6.07, 6.45) is 6.26. The van der Waals surface area contributed by atoms with Crippen LogP contribution < -0.4 is 5.73 Å². The first-order valence-corrected chi connectivity index (χ1v) is 7.45. The molecule has 2 atom stereocenters. The van der Waals surface area contributed by atoms with Crippen LogP contribution in [0.25, 0.3) is 0 Å². The zero-order valence-electron chi connectivity index (χ0n) is 12.1. The van der Waals surface area contributed by atoms with Crippen molar-refractivity contribution in [3.63, 3.8) is 0 Å². The number of benzene rings is 1. The number of phenols is 1. The van der Waals surface area contributed by atoms with Crippen LogP contribution in [0.5, 0.6) is 5.75 Å². The lowest BCUT2D eigenvalue weighted by Gasteiger charge is -2.39. The van der Waals surface area contributed by atoms with Crippen molar-refractivity contribution in [2.75, 3.05) is 12.3 Å². The van der Waals surface area contributed by atoms with Gasteiger partial charge in [-0.3, -0.25) is 4.90 Å². The smallest absolute Gasteiger partial charge is 0.138 e. The zero-order chi connectivity index (χ0) is 13.8. The molecule has 1 saturated heterocycles. The van der Waals surface area contributed by atoms with Gasteiger partial charge in [-0.25, -0.2) is 0 Å². The maximum atomic E-state index is 9.47. The number of aromatic hydroxyl groups is 1. The van der Waals surface area contributed by atoms with Crippen molar-refractivity contribution in [3.8, 4) is 5.75 Å². The molecule has 1 heterocycles. The van der Waals surface area contributed by atoms with Gasteiger partial charge in [-0.05, 0) is 56.8 Å². The van der Waals surface area contributed by atoms with Crippen LogP contribution in [0.1, 0.15) is 45.1 Å². The Kier molecular flexibility index (Phi) is 4.70. The first kappa shape index (κ1) is 14.2. The maximum Gasteiger partial charge on any atom is 0.138 e. The van der Waals surface area contributed by atoms with Gasteiger partial charge in [0.25, 0.3) is 0 Å². The minimum atomic E-state index is 0.181. The number of nitrogens with zero attached hydrogens (tertiary/aromatic N) is 1. The molecular formula is C16H26N2O. The van der Waals surface area contributed by atoms with Gasteiger partial charge in [0.15, 0.2) is 0 Å². The minimum Gasteiger partial charge on any atom is -0.506 e. The van der Waals surface area contributed by atoms with Crippen LogP contribution in [0, 0.1) is 0 Å². The molecule has 0 amide bonds. The fraction of sp³-hybridized carbons (Fsp3) is 0.625. The molecule has 1 fully saturated rings. The van der Waals surface area contributed by atoms with Gasteiger partial charge in [-0.1, -0.05) is 19.4 Å². The van der Waals surface area contributed by atoms with Gasteiger partial charge < -0.3 is 10.8 Å². The van der Waals surface area contributed by atoms with E-state index in [9.17, 15) is 5.11 Å². The summed E-state index contributed by atoms with van der Waals surface area (Å²) in [4.78, 5) is 2.65. The van der Waals surface area contributed by atoms with Gasteiger partial charge in [0, 0.05) is 12.1 Å². The van der Waals surface area contributed by atoms with Gasteiger partial charge in [0.05, 0.1) is 5.69 Å². The Hall–Kier alpha value is -1.22. The summed E-state index contributed by atoms with van der Waals surface area (Å²) < 4.78 is 0. The number of phenolic OH excluding ortho intramolecular Hbond substituents is 1. The van der Waals surface area contributed by atoms with Crippen molar-refractivity contribution in [2.45, 2.75) is 58.0 Å². The molecule has 19 heavy (non-hydrogen) atoms. The molecule has 3 nitrogen and oxygen atoms in total. The highest BCUT2D eigenvalue weighted by Gasteiger charge is 2.25. The number of rotatable bonds is 4. The highest BCUT2D eigenvalue weighted by molar-refractivity contribution is 5.53. The normalized spacial score (nSPS) is 22.3. The van der Waals surface area contributed by atoms with Crippen LogP contribution in [0.2, 0.25) is 0 Å². The van der Waals surface area contributed by atoms with Crippen molar-refractivity contribution < 1.29 is 5.11 Å². The monoisotopic (exact) mass is 262 g/mol. The second-order valence-corrected chi connectivity index (χ2v) is 5.74. The van der Waals surface area contributed by atoms with E-state index in [-0.39, 0.29) is 5.75 Å². The fourth-order valence-electron chi connectivity index (χ4n) is 3.23. The molecule has 1 aliphatic heterocycles. The molecule has 0 spiro atoms. The summed E-state index contributed by atoms with van der Waals surface area (Å²) in [6.45, 7) is 5.80. The highest BCUT2D eigenvalue weighted by atomic mass is 16.3. The zero-order valence-corrected chi connectivity index (χ0v) is 12.1. The topological polar surface area (TPSA) is 49.5 Å². The SMILES string of the molecule is CCC1CCCCN1C(C)Cc1ccc(O)c(N)c1. The summed E-state index contributed by atoms with van der Waals surface area (Å²) in [5.41, 5.74) is 7.46. The average Bonchev–Trinajstić information content (AvgIpc) is 2.43. The number of hydrogen-bond acceptors (Lipinski definition) is 3. The number of nitrogen functional groups attached to an aromatic ring is 1. The molecule has 3 N–H and O–H groups in total. The Labute approximate surface area is 116 Å². The molecule has 0 saturated carbocycles. The molecule has 0 bridgehead atoms. The van der Waals surface area contributed by atoms with Crippen LogP contribution >= 0.6 is 0 Å². The van der Waals surface area contributed by atoms with Gasteiger partial charge in [0.1, 0.15) is 5.75 Å². The number of nitrogens with two attached hydrogens (primary N) is 1. The van der Waals surface area contributed by atoms with E-state index in [1.54, 1.807) is 6.07 Å². The minimum absolute atomic E-state index is 0.181. The van der Waals surface area contributed by atoms with E-state index in [4.69, 9.17) is 5.73 Å². The molecular weight excluding hydrogens is 236 g/mol. The Balaban J connectivity index is 2.02. The van der Waals surface area contributed by atoms with Crippen LogP contribution in [0.4, 0.5) is 5.69 Å². The second kappa shape index (κ2) is 6.29. The van der Waals surface area contributed by atoms with Crippen molar-refractivity contribution >= 4 is 5.69 Å². The van der Waals surface area contributed by atoms with Crippen molar-refractivity contribution in [3.05, 3.63) is 23.8 Å². The standard InChI is InChI=1S/C16H26N2O/c1-3-14-6-4-5-9-18(14)12(2)10-13-7-8-16(19)15(17)11-13/h7-8,11-12,14,19H,3-6,9-10,17H2,1-2H3. The summed E-state index contributed by atoms with van der Waals surface area (Å²) in [5.74, 6) is 0.181. The van der Waals surface area contributed by atoms with E-state index in [2.05, 4.69) is 18.7 Å². The van der Waals surface area contributed by atoms with Crippen LogP contribution in [-0.2, 0) is 6.42 Å². The fourth-order valence-corrected chi connectivity index (χ4v) is 3.23. The summed E-state index contributed by atoms with van der Waals surface area (Å²) in [7, 11) is 0. The molecule has 106 valence electrons. The van der Waals surface area contributed by atoms with E-state index >= 15 is 0 Å². The van der Waals surface area contributed by atoms with E-state index in [1.807, 2.05) is 12.1 Å². The third-order valence-corrected chi connectivity index (χ3v) is 4.33. The van der Waals surface area contributed by atoms with Crippen molar-refractivity contribution in [1.29, 1.82) is 0 Å². The predicted octanol–water partition coefficient (Wildman–Crippen LogP) is 3.17. The Morgan fingerprint density at radius 1 is 1.42 bits per heavy atom. The van der Waals surface area contributed by atoms with Crippen molar-refractivity contribution in [2.24, 2.45) is 0 Å². The second-order valence-electron chi connectivity index (χ2n) is 5.74. The van der Waals surface area contributed by atoms with Gasteiger partial charge in [-0.15, -0.1) is 0 Å². The van der Waals surface area contributed by atoms with Crippen LogP contribution in [-0.4, -0.2) is 28.6 Å². The lowest BCUT2D eigenvalue weighted by Crippen LogP contribution is -2.45. The quantitative estimate of drug-likeness (QED) is 0.647. The molecule has 1 aliphatic rings. The average molecular weight is 262 g/mol. The lowest BCUT2D eigenvalue weighted by molar-refractivity contribution is 0.1000. The Morgan fingerprint density at radius 2 is 2.21 bits per heavy atom. The Bertz CT molecular complexity index is 419. The maximum absolute atomic E-state index is 9.47. The van der Waals surface area contributed by atoms with Gasteiger partial charge in [-0.2, -0.15) is 0 Å². The molecule has 0 aromatic heterocycles. The number of likely N-dealkylation sites (tertiary alicyclic amines) is 1. The molecule has 3 heteroatoms. The van der Waals surface area contributed by atoms with Gasteiger partial charge >= 0.3 is 0 Å². The molecule has 2 unspecified atom stereocenters. The van der Waals surface area contributed by atoms with Crippen LogP contribution in [0.15, 0.2) is 18.2 Å². The predicted molar refractivity (Wildman–Crippen MR) is 80.3 cm³/mol. The van der Waals surface area contributed by atoms with E-state index in [0.29, 0.717) is 11.7 Å². The third kappa shape index (κ3) is 3.41. The lowest BCUT2D eigenvalue weighted by atomic mass is 9.95. The molecule has 1 aromatic carbocycles. The molecule has 0 radical (unpaired) electrons. The highest BCUT2D eigenvalue weighted by Crippen LogP contribution is 2.25. The van der Waals surface area contributed by atoms with E-state index < -0.39 is 0 Å². The van der Waals surface area contributed by atoms with Crippen molar-refractivity contribution in [1.82, 2.24) is 4.90 Å². The van der Waals surface area contributed by atoms with E-state index in [0.717, 1.165) is 12.5 Å². The molecule has 0 aliphatic carbocycles. The summed E-state index contributed by atoms with van der Waals surface area (Å²) in [5, 5.41) is 9.47. The van der Waals surface area contributed by atoms with E-state index in [1.165, 1.54) is 37.8 Å².